The molecule has 194 valence electrons. The molecular weight excluding hydrogens is 504 g/mol. The minimum atomic E-state index is -1.03. The fourth-order valence-electron chi connectivity index (χ4n) is 4.18. The lowest BCUT2D eigenvalue weighted by Gasteiger charge is -2.10. The first-order chi connectivity index (χ1) is 18.0. The smallest absolute Gasteiger partial charge is 0.320 e. The molecule has 0 fully saturated rings. The number of aliphatic carboxylic acids is 1. The Labute approximate surface area is 226 Å². The van der Waals surface area contributed by atoms with Crippen molar-refractivity contribution in [2.75, 3.05) is 7.11 Å². The van der Waals surface area contributed by atoms with Crippen molar-refractivity contribution < 1.29 is 19.4 Å². The highest BCUT2D eigenvalue weighted by Crippen LogP contribution is 2.29. The van der Waals surface area contributed by atoms with Crippen LogP contribution >= 0.6 is 12.4 Å². The molecule has 8 nitrogen and oxygen atoms in total. The van der Waals surface area contributed by atoms with E-state index in [1.165, 1.54) is 6.33 Å². The lowest BCUT2D eigenvalue weighted by molar-refractivity contribution is -0.138. The Kier molecular flexibility index (Phi) is 8.25. The Morgan fingerprint density at radius 3 is 2.42 bits per heavy atom. The summed E-state index contributed by atoms with van der Waals surface area (Å²) in [6.07, 6.45) is 3.71. The van der Waals surface area contributed by atoms with E-state index in [0.717, 1.165) is 39.0 Å². The van der Waals surface area contributed by atoms with E-state index < -0.39 is 12.0 Å². The lowest BCUT2D eigenvalue weighted by atomic mass is 10.0. The first-order valence-electron chi connectivity index (χ1n) is 11.8. The van der Waals surface area contributed by atoms with E-state index in [0.29, 0.717) is 18.2 Å². The summed E-state index contributed by atoms with van der Waals surface area (Å²) in [6, 6.07) is 24.5. The van der Waals surface area contributed by atoms with Crippen LogP contribution in [-0.4, -0.2) is 38.8 Å². The van der Waals surface area contributed by atoms with E-state index in [4.69, 9.17) is 20.3 Å². The fourth-order valence-corrected chi connectivity index (χ4v) is 4.18. The third kappa shape index (κ3) is 5.94. The van der Waals surface area contributed by atoms with Gasteiger partial charge in [0.25, 0.3) is 0 Å². The minimum Gasteiger partial charge on any atom is -0.497 e. The van der Waals surface area contributed by atoms with Crippen molar-refractivity contribution >= 4 is 29.4 Å². The van der Waals surface area contributed by atoms with Crippen LogP contribution in [0.5, 0.6) is 17.4 Å². The van der Waals surface area contributed by atoms with Crippen molar-refractivity contribution in [3.8, 4) is 28.5 Å². The highest BCUT2D eigenvalue weighted by molar-refractivity contribution is 5.85. The van der Waals surface area contributed by atoms with Crippen LogP contribution < -0.4 is 15.2 Å². The number of nitrogens with zero attached hydrogens (tertiary/aromatic N) is 3. The van der Waals surface area contributed by atoms with Crippen LogP contribution in [-0.2, 0) is 17.8 Å². The quantitative estimate of drug-likeness (QED) is 0.265. The Balaban J connectivity index is 0.00000336. The molecule has 1 atom stereocenters. The maximum Gasteiger partial charge on any atom is 0.320 e. The Hall–Kier alpha value is -4.40. The number of halogens is 1. The van der Waals surface area contributed by atoms with Gasteiger partial charge in [0.1, 0.15) is 29.5 Å². The van der Waals surface area contributed by atoms with Gasteiger partial charge in [-0.15, -0.1) is 12.4 Å². The van der Waals surface area contributed by atoms with Crippen LogP contribution in [0.2, 0.25) is 0 Å². The van der Waals surface area contributed by atoms with Gasteiger partial charge in [-0.2, -0.15) is 0 Å². The fraction of sp³-hybridized carbons (Fsp3) is 0.138. The van der Waals surface area contributed by atoms with E-state index in [-0.39, 0.29) is 18.8 Å². The molecule has 3 N–H and O–H groups in total. The summed E-state index contributed by atoms with van der Waals surface area (Å²) in [7, 11) is 1.67. The zero-order chi connectivity index (χ0) is 25.8. The third-order valence-corrected chi connectivity index (χ3v) is 6.11. The predicted octanol–water partition coefficient (Wildman–Crippen LogP) is 5.32. The summed E-state index contributed by atoms with van der Waals surface area (Å²) in [6.45, 7) is 0.635. The Morgan fingerprint density at radius 2 is 1.68 bits per heavy atom. The number of carboxylic acids is 1. The second kappa shape index (κ2) is 11.8. The molecule has 2 heterocycles. The van der Waals surface area contributed by atoms with Crippen molar-refractivity contribution in [2.45, 2.75) is 19.0 Å². The van der Waals surface area contributed by atoms with Crippen LogP contribution in [0.25, 0.3) is 22.2 Å². The summed E-state index contributed by atoms with van der Waals surface area (Å²) in [5, 5.41) is 9.80. The number of ether oxygens (including phenoxy) is 2. The molecule has 2 aromatic heterocycles. The molecule has 0 saturated carbocycles. The van der Waals surface area contributed by atoms with Crippen molar-refractivity contribution in [1.29, 1.82) is 0 Å². The molecule has 0 bridgehead atoms. The summed E-state index contributed by atoms with van der Waals surface area (Å²) >= 11 is 0. The molecule has 9 heteroatoms. The van der Waals surface area contributed by atoms with Crippen LogP contribution in [0.15, 0.2) is 91.4 Å². The Morgan fingerprint density at radius 1 is 0.947 bits per heavy atom. The Bertz CT molecular complexity index is 1550. The first kappa shape index (κ1) is 26.7. The highest BCUT2D eigenvalue weighted by Gasteiger charge is 2.14. The van der Waals surface area contributed by atoms with Gasteiger partial charge in [-0.3, -0.25) is 4.79 Å². The number of hydrogen-bond donors (Lipinski definition) is 2. The van der Waals surface area contributed by atoms with Gasteiger partial charge < -0.3 is 24.9 Å². The standard InChI is InChI=1S/C29H26N4O4.ClH/c1-36-24-7-3-6-22(16-24)21-5-2-4-20(14-21)17-33-13-12-25-27(33)31-18-32-28(25)37-23-10-8-19(9-11-23)15-26(30)29(34)35;/h2-14,16,18,26H,15,17,30H2,1H3,(H,34,35);1H. The summed E-state index contributed by atoms with van der Waals surface area (Å²) < 4.78 is 13.5. The highest BCUT2D eigenvalue weighted by atomic mass is 35.5. The number of rotatable bonds is 9. The number of methoxy groups -OCH3 is 1. The zero-order valence-corrected chi connectivity index (χ0v) is 21.5. The normalized spacial score (nSPS) is 11.5. The van der Waals surface area contributed by atoms with Crippen LogP contribution in [0.3, 0.4) is 0 Å². The van der Waals surface area contributed by atoms with Gasteiger partial charge in [0.15, 0.2) is 0 Å². The molecule has 5 rings (SSSR count). The van der Waals surface area contributed by atoms with Gasteiger partial charge in [0.2, 0.25) is 5.88 Å². The molecule has 0 aliphatic heterocycles. The molecule has 5 aromatic rings. The molecule has 38 heavy (non-hydrogen) atoms. The number of carboxylic acid groups (broad SMARTS) is 1. The molecule has 0 saturated heterocycles. The molecular formula is C29H27ClN4O4. The second-order valence-corrected chi connectivity index (χ2v) is 8.69. The molecule has 0 amide bonds. The van der Waals surface area contributed by atoms with E-state index >= 15 is 0 Å². The van der Waals surface area contributed by atoms with Crippen LogP contribution in [0, 0.1) is 0 Å². The van der Waals surface area contributed by atoms with Crippen molar-refractivity contribution in [3.05, 3.63) is 103 Å². The summed E-state index contributed by atoms with van der Waals surface area (Å²) in [5.41, 5.74) is 10.5. The summed E-state index contributed by atoms with van der Waals surface area (Å²) in [5.74, 6) is 0.831. The zero-order valence-electron chi connectivity index (χ0n) is 20.7. The van der Waals surface area contributed by atoms with E-state index in [2.05, 4.69) is 38.8 Å². The number of fused-ring (bicyclic) bond motifs is 1. The topological polar surface area (TPSA) is 112 Å². The van der Waals surface area contributed by atoms with Gasteiger partial charge in [0, 0.05) is 12.7 Å². The molecule has 0 aliphatic carbocycles. The average Bonchev–Trinajstić information content (AvgIpc) is 3.33. The van der Waals surface area contributed by atoms with Crippen LogP contribution in [0.4, 0.5) is 0 Å². The van der Waals surface area contributed by atoms with Crippen LogP contribution in [0.1, 0.15) is 11.1 Å². The van der Waals surface area contributed by atoms with Crippen molar-refractivity contribution in [2.24, 2.45) is 5.73 Å². The SMILES string of the molecule is COc1cccc(-c2cccc(Cn3ccc4c(Oc5ccc(CC(N)C(=O)O)cc5)ncnc43)c2)c1.Cl. The maximum absolute atomic E-state index is 11.0. The number of carbonyl (C=O) groups is 1. The lowest BCUT2D eigenvalue weighted by Crippen LogP contribution is -2.32. The average molecular weight is 531 g/mol. The van der Waals surface area contributed by atoms with Gasteiger partial charge in [-0.05, 0) is 65.1 Å². The number of hydrogen-bond acceptors (Lipinski definition) is 6. The summed E-state index contributed by atoms with van der Waals surface area (Å²) in [4.78, 5) is 19.8. The monoisotopic (exact) mass is 530 g/mol. The molecule has 3 aromatic carbocycles. The van der Waals surface area contributed by atoms with E-state index in [1.54, 1.807) is 31.4 Å². The molecule has 0 spiro atoms. The van der Waals surface area contributed by atoms with Crippen molar-refractivity contribution in [3.63, 3.8) is 0 Å². The van der Waals surface area contributed by atoms with Gasteiger partial charge in [0.05, 0.1) is 12.5 Å². The predicted molar refractivity (Wildman–Crippen MR) is 148 cm³/mol. The molecule has 0 aliphatic rings. The second-order valence-electron chi connectivity index (χ2n) is 8.69. The molecule has 1 unspecified atom stereocenters. The number of nitrogens with two attached hydrogens (primary N) is 1. The van der Waals surface area contributed by atoms with Crippen molar-refractivity contribution in [1.82, 2.24) is 14.5 Å². The number of benzene rings is 3. The number of aromatic nitrogens is 3. The first-order valence-corrected chi connectivity index (χ1v) is 11.8. The largest absolute Gasteiger partial charge is 0.497 e. The molecule has 0 radical (unpaired) electrons. The maximum atomic E-state index is 11.0. The van der Waals surface area contributed by atoms with Gasteiger partial charge in [-0.1, -0.05) is 42.5 Å². The third-order valence-electron chi connectivity index (χ3n) is 6.11. The van der Waals surface area contributed by atoms with E-state index in [9.17, 15) is 4.79 Å². The minimum absolute atomic E-state index is 0. The van der Waals surface area contributed by atoms with Gasteiger partial charge in [-0.25, -0.2) is 9.97 Å². The van der Waals surface area contributed by atoms with Gasteiger partial charge >= 0.3 is 5.97 Å². The van der Waals surface area contributed by atoms with E-state index in [1.807, 2.05) is 36.5 Å².